The minimum atomic E-state index is -0.198. The van der Waals surface area contributed by atoms with Gasteiger partial charge in [0, 0.05) is 30.9 Å². The van der Waals surface area contributed by atoms with E-state index in [1.165, 1.54) is 11.3 Å². The molecule has 3 N–H and O–H groups in total. The molecule has 2 aromatic rings. The van der Waals surface area contributed by atoms with Gasteiger partial charge in [0.2, 0.25) is 0 Å². The van der Waals surface area contributed by atoms with E-state index in [0.29, 0.717) is 22.3 Å². The highest BCUT2D eigenvalue weighted by atomic mass is 32.1. The second-order valence-electron chi connectivity index (χ2n) is 5.36. The summed E-state index contributed by atoms with van der Waals surface area (Å²) in [6, 6.07) is 5.31. The number of hydrogen-bond donors (Lipinski definition) is 2. The Kier molecular flexibility index (Phi) is 4.47. The van der Waals surface area contributed by atoms with Crippen molar-refractivity contribution in [3.05, 3.63) is 34.8 Å². The number of hydrogen-bond acceptors (Lipinski definition) is 5. The standard InChI is InChI=1S/C15H20N4OS/c1-9(2)12-8-21-15(17-12)18-14(20)11-7-10(16)5-6-13(11)19(3)4/h5-9H,16H2,1-4H3,(H,17,18,20). The van der Waals surface area contributed by atoms with Crippen molar-refractivity contribution in [1.82, 2.24) is 4.98 Å². The first kappa shape index (κ1) is 15.3. The van der Waals surface area contributed by atoms with E-state index in [2.05, 4.69) is 24.1 Å². The van der Waals surface area contributed by atoms with Crippen LogP contribution in [-0.2, 0) is 0 Å². The smallest absolute Gasteiger partial charge is 0.259 e. The van der Waals surface area contributed by atoms with Crippen LogP contribution in [0.1, 0.15) is 35.8 Å². The molecule has 2 rings (SSSR count). The summed E-state index contributed by atoms with van der Waals surface area (Å²) in [6.45, 7) is 4.14. The van der Waals surface area contributed by atoms with Gasteiger partial charge in [-0.1, -0.05) is 13.8 Å². The number of nitrogens with zero attached hydrogens (tertiary/aromatic N) is 2. The van der Waals surface area contributed by atoms with Gasteiger partial charge in [0.25, 0.3) is 5.91 Å². The highest BCUT2D eigenvalue weighted by molar-refractivity contribution is 7.14. The molecule has 1 aromatic heterocycles. The molecule has 21 heavy (non-hydrogen) atoms. The molecule has 0 atom stereocenters. The van der Waals surface area contributed by atoms with E-state index in [1.54, 1.807) is 12.1 Å². The van der Waals surface area contributed by atoms with E-state index in [9.17, 15) is 4.79 Å². The van der Waals surface area contributed by atoms with Gasteiger partial charge in [-0.25, -0.2) is 4.98 Å². The molecule has 1 aromatic carbocycles. The molecule has 0 bridgehead atoms. The number of anilines is 3. The minimum absolute atomic E-state index is 0.198. The van der Waals surface area contributed by atoms with E-state index >= 15 is 0 Å². The fourth-order valence-electron chi connectivity index (χ4n) is 1.90. The SMILES string of the molecule is CC(C)c1csc(NC(=O)c2cc(N)ccc2N(C)C)n1. The molecule has 0 spiro atoms. The Morgan fingerprint density at radius 2 is 2.10 bits per heavy atom. The summed E-state index contributed by atoms with van der Waals surface area (Å²) < 4.78 is 0. The van der Waals surface area contributed by atoms with Crippen LogP contribution in [0.25, 0.3) is 0 Å². The van der Waals surface area contributed by atoms with Gasteiger partial charge in [0.1, 0.15) is 0 Å². The number of carbonyl (C=O) groups excluding carboxylic acids is 1. The molecule has 0 saturated carbocycles. The first-order chi connectivity index (χ1) is 9.88. The molecule has 0 saturated heterocycles. The number of aromatic nitrogens is 1. The number of nitrogen functional groups attached to an aromatic ring is 1. The summed E-state index contributed by atoms with van der Waals surface area (Å²) in [7, 11) is 3.78. The third kappa shape index (κ3) is 3.52. The van der Waals surface area contributed by atoms with Gasteiger partial charge in [0.05, 0.1) is 11.3 Å². The zero-order chi connectivity index (χ0) is 15.6. The average Bonchev–Trinajstić information content (AvgIpc) is 2.86. The lowest BCUT2D eigenvalue weighted by Crippen LogP contribution is -2.18. The third-order valence-corrected chi connectivity index (χ3v) is 3.86. The molecule has 6 heteroatoms. The summed E-state index contributed by atoms with van der Waals surface area (Å²) >= 11 is 1.43. The van der Waals surface area contributed by atoms with Crippen LogP contribution >= 0.6 is 11.3 Å². The monoisotopic (exact) mass is 304 g/mol. The number of benzene rings is 1. The van der Waals surface area contributed by atoms with Crippen molar-refractivity contribution in [3.8, 4) is 0 Å². The highest BCUT2D eigenvalue weighted by Crippen LogP contribution is 2.25. The zero-order valence-electron chi connectivity index (χ0n) is 12.7. The van der Waals surface area contributed by atoms with Crippen molar-refractivity contribution in [2.45, 2.75) is 19.8 Å². The predicted molar refractivity (Wildman–Crippen MR) is 89.3 cm³/mol. The van der Waals surface area contributed by atoms with E-state index in [-0.39, 0.29) is 5.91 Å². The van der Waals surface area contributed by atoms with Crippen LogP contribution < -0.4 is 16.0 Å². The van der Waals surface area contributed by atoms with Gasteiger partial charge in [-0.3, -0.25) is 10.1 Å². The number of nitrogens with one attached hydrogen (secondary N) is 1. The maximum atomic E-state index is 12.4. The molecule has 5 nitrogen and oxygen atoms in total. The summed E-state index contributed by atoms with van der Waals surface area (Å²) in [6.07, 6.45) is 0. The molecule has 0 fully saturated rings. The second kappa shape index (κ2) is 6.13. The van der Waals surface area contributed by atoms with Crippen LogP contribution in [0, 0.1) is 0 Å². The number of carbonyl (C=O) groups is 1. The van der Waals surface area contributed by atoms with Crippen molar-refractivity contribution in [3.63, 3.8) is 0 Å². The lowest BCUT2D eigenvalue weighted by atomic mass is 10.1. The molecule has 0 aliphatic carbocycles. The van der Waals surface area contributed by atoms with Gasteiger partial charge >= 0.3 is 0 Å². The van der Waals surface area contributed by atoms with Gasteiger partial charge in [0.15, 0.2) is 5.13 Å². The predicted octanol–water partition coefficient (Wildman–Crippen LogP) is 3.17. The normalized spacial score (nSPS) is 10.7. The summed E-state index contributed by atoms with van der Waals surface area (Å²) in [5, 5.41) is 5.41. The van der Waals surface area contributed by atoms with Crippen molar-refractivity contribution < 1.29 is 4.79 Å². The van der Waals surface area contributed by atoms with Crippen LogP contribution in [0.2, 0.25) is 0 Å². The van der Waals surface area contributed by atoms with Crippen LogP contribution in [-0.4, -0.2) is 25.0 Å². The summed E-state index contributed by atoms with van der Waals surface area (Å²) in [5.74, 6) is 0.146. The quantitative estimate of drug-likeness (QED) is 0.851. The Bertz CT molecular complexity index is 649. The summed E-state index contributed by atoms with van der Waals surface area (Å²) in [5.41, 5.74) is 8.70. The topological polar surface area (TPSA) is 71.2 Å². The Balaban J connectivity index is 2.25. The molecule has 0 aliphatic rings. The maximum Gasteiger partial charge on any atom is 0.259 e. The Morgan fingerprint density at radius 1 is 1.38 bits per heavy atom. The van der Waals surface area contributed by atoms with Gasteiger partial charge in [-0.05, 0) is 24.1 Å². The van der Waals surface area contributed by atoms with Gasteiger partial charge in [-0.15, -0.1) is 11.3 Å². The average molecular weight is 304 g/mol. The van der Waals surface area contributed by atoms with Crippen LogP contribution in [0.3, 0.4) is 0 Å². The van der Waals surface area contributed by atoms with Crippen molar-refractivity contribution in [2.24, 2.45) is 0 Å². The molecular formula is C15H20N4OS. The third-order valence-electron chi connectivity index (χ3n) is 3.08. The minimum Gasteiger partial charge on any atom is -0.399 e. The van der Waals surface area contributed by atoms with E-state index < -0.39 is 0 Å². The van der Waals surface area contributed by atoms with Gasteiger partial charge < -0.3 is 10.6 Å². The first-order valence-electron chi connectivity index (χ1n) is 6.72. The Labute approximate surface area is 128 Å². The zero-order valence-corrected chi connectivity index (χ0v) is 13.5. The number of nitrogens with two attached hydrogens (primary N) is 1. The largest absolute Gasteiger partial charge is 0.399 e. The summed E-state index contributed by atoms with van der Waals surface area (Å²) in [4.78, 5) is 18.7. The molecule has 1 heterocycles. The highest BCUT2D eigenvalue weighted by Gasteiger charge is 2.15. The first-order valence-corrected chi connectivity index (χ1v) is 7.60. The molecule has 0 unspecified atom stereocenters. The number of rotatable bonds is 4. The Hall–Kier alpha value is -2.08. The van der Waals surface area contributed by atoms with E-state index in [4.69, 9.17) is 5.73 Å². The fraction of sp³-hybridized carbons (Fsp3) is 0.333. The molecule has 0 aliphatic heterocycles. The molecule has 0 radical (unpaired) electrons. The molecule has 112 valence electrons. The lowest BCUT2D eigenvalue weighted by Gasteiger charge is -2.17. The lowest BCUT2D eigenvalue weighted by molar-refractivity contribution is 0.102. The fourth-order valence-corrected chi connectivity index (χ4v) is 2.77. The van der Waals surface area contributed by atoms with Crippen LogP contribution in [0.5, 0.6) is 0 Å². The number of thiazole rings is 1. The maximum absolute atomic E-state index is 12.4. The number of amides is 1. The Morgan fingerprint density at radius 3 is 2.67 bits per heavy atom. The molecular weight excluding hydrogens is 284 g/mol. The molecule has 1 amide bonds. The van der Waals surface area contributed by atoms with Crippen LogP contribution in [0.15, 0.2) is 23.6 Å². The van der Waals surface area contributed by atoms with Crippen LogP contribution in [0.4, 0.5) is 16.5 Å². The van der Waals surface area contributed by atoms with Gasteiger partial charge in [-0.2, -0.15) is 0 Å². The van der Waals surface area contributed by atoms with Crippen molar-refractivity contribution in [1.29, 1.82) is 0 Å². The van der Waals surface area contributed by atoms with E-state index in [0.717, 1.165) is 11.4 Å². The second-order valence-corrected chi connectivity index (χ2v) is 6.22. The van der Waals surface area contributed by atoms with E-state index in [1.807, 2.05) is 30.4 Å². The van der Waals surface area contributed by atoms with Crippen molar-refractivity contribution in [2.75, 3.05) is 30.0 Å². The van der Waals surface area contributed by atoms with Crippen molar-refractivity contribution >= 4 is 33.8 Å².